The third-order valence-electron chi connectivity index (χ3n) is 4.39. The van der Waals surface area contributed by atoms with Gasteiger partial charge in [-0.1, -0.05) is 38.1 Å². The second kappa shape index (κ2) is 11.0. The minimum absolute atomic E-state index is 0. The molecule has 2 aromatic carbocycles. The van der Waals surface area contributed by atoms with Gasteiger partial charge in [0.25, 0.3) is 0 Å². The van der Waals surface area contributed by atoms with Crippen molar-refractivity contribution in [1.29, 1.82) is 0 Å². The molecular formula is C21H30IN3O2. The van der Waals surface area contributed by atoms with Crippen molar-refractivity contribution in [3.05, 3.63) is 59.7 Å². The van der Waals surface area contributed by atoms with Crippen molar-refractivity contribution in [3.8, 4) is 11.5 Å². The fraction of sp³-hybridized carbons (Fsp3) is 0.381. The molecule has 2 N–H and O–H groups in total. The Bertz CT molecular complexity index is 730. The Hall–Kier alpha value is -1.96. The molecule has 0 amide bonds. The van der Waals surface area contributed by atoms with E-state index < -0.39 is 0 Å². The predicted octanol–water partition coefficient (Wildman–Crippen LogP) is 3.96. The van der Waals surface area contributed by atoms with Gasteiger partial charge in [0.15, 0.2) is 5.96 Å². The zero-order chi connectivity index (χ0) is 19.0. The first-order valence-electron chi connectivity index (χ1n) is 8.70. The van der Waals surface area contributed by atoms with Gasteiger partial charge in [0, 0.05) is 25.6 Å². The lowest BCUT2D eigenvalue weighted by Crippen LogP contribution is -2.43. The van der Waals surface area contributed by atoms with Gasteiger partial charge in [-0.25, -0.2) is 0 Å². The van der Waals surface area contributed by atoms with E-state index in [0.717, 1.165) is 29.6 Å². The van der Waals surface area contributed by atoms with Crippen molar-refractivity contribution in [2.75, 3.05) is 27.8 Å². The summed E-state index contributed by atoms with van der Waals surface area (Å²) in [5, 5.41) is 6.75. The van der Waals surface area contributed by atoms with Crippen molar-refractivity contribution < 1.29 is 9.47 Å². The maximum Gasteiger partial charge on any atom is 0.191 e. The topological polar surface area (TPSA) is 54.9 Å². The second-order valence-corrected chi connectivity index (χ2v) is 6.74. The molecule has 148 valence electrons. The average molecular weight is 483 g/mol. The van der Waals surface area contributed by atoms with Crippen molar-refractivity contribution >= 4 is 29.9 Å². The standard InChI is InChI=1S/C21H29N3O2.HI/c1-21(2,17-9-11-18(25-4)12-10-17)15-24-20(22-3)23-14-16-7-6-8-19(13-16)26-5;/h6-13H,14-15H2,1-5H3,(H2,22,23,24);1H. The van der Waals surface area contributed by atoms with E-state index >= 15 is 0 Å². The Morgan fingerprint density at radius 2 is 1.63 bits per heavy atom. The highest BCUT2D eigenvalue weighted by atomic mass is 127. The van der Waals surface area contributed by atoms with Gasteiger partial charge in [0.05, 0.1) is 14.2 Å². The number of halogens is 1. The van der Waals surface area contributed by atoms with Gasteiger partial charge < -0.3 is 20.1 Å². The fourth-order valence-corrected chi connectivity index (χ4v) is 2.64. The summed E-state index contributed by atoms with van der Waals surface area (Å²) in [4.78, 5) is 4.31. The summed E-state index contributed by atoms with van der Waals surface area (Å²) >= 11 is 0. The van der Waals surface area contributed by atoms with Crippen LogP contribution in [0.5, 0.6) is 11.5 Å². The highest BCUT2D eigenvalue weighted by Gasteiger charge is 2.21. The summed E-state index contributed by atoms with van der Waals surface area (Å²) < 4.78 is 10.5. The van der Waals surface area contributed by atoms with Crippen molar-refractivity contribution in [3.63, 3.8) is 0 Å². The minimum atomic E-state index is -0.0418. The predicted molar refractivity (Wildman–Crippen MR) is 123 cm³/mol. The highest BCUT2D eigenvalue weighted by Crippen LogP contribution is 2.24. The number of guanidine groups is 1. The molecule has 5 nitrogen and oxygen atoms in total. The summed E-state index contributed by atoms with van der Waals surface area (Å²) in [7, 11) is 5.13. The number of nitrogens with zero attached hydrogens (tertiary/aromatic N) is 1. The molecule has 0 fully saturated rings. The maximum absolute atomic E-state index is 5.26. The van der Waals surface area contributed by atoms with Gasteiger partial charge in [-0.15, -0.1) is 24.0 Å². The molecule has 2 rings (SSSR count). The molecule has 0 bridgehead atoms. The molecule has 0 saturated carbocycles. The van der Waals surface area contributed by atoms with Gasteiger partial charge in [-0.2, -0.15) is 0 Å². The molecule has 6 heteroatoms. The molecule has 0 aromatic heterocycles. The molecule has 0 spiro atoms. The number of aliphatic imine (C=N–C) groups is 1. The first-order chi connectivity index (χ1) is 12.5. The summed E-state index contributed by atoms with van der Waals surface area (Å²) in [6.45, 7) is 5.85. The first kappa shape index (κ1) is 23.1. The van der Waals surface area contributed by atoms with Crippen LogP contribution in [0.3, 0.4) is 0 Å². The van der Waals surface area contributed by atoms with Gasteiger partial charge in [0.2, 0.25) is 0 Å². The number of hydrogen-bond acceptors (Lipinski definition) is 3. The van der Waals surface area contributed by atoms with E-state index in [1.165, 1.54) is 5.56 Å². The quantitative estimate of drug-likeness (QED) is 0.356. The van der Waals surface area contributed by atoms with Crippen LogP contribution in [0.4, 0.5) is 0 Å². The summed E-state index contributed by atoms with van der Waals surface area (Å²) in [6, 6.07) is 16.2. The van der Waals surface area contributed by atoms with Crippen LogP contribution >= 0.6 is 24.0 Å². The molecule has 2 aromatic rings. The van der Waals surface area contributed by atoms with E-state index in [1.54, 1.807) is 21.3 Å². The maximum atomic E-state index is 5.26. The smallest absolute Gasteiger partial charge is 0.191 e. The molecular weight excluding hydrogens is 453 g/mol. The van der Waals surface area contributed by atoms with Crippen LogP contribution in [0.2, 0.25) is 0 Å². The number of ether oxygens (including phenoxy) is 2. The van der Waals surface area contributed by atoms with Crippen molar-refractivity contribution in [2.45, 2.75) is 25.8 Å². The lowest BCUT2D eigenvalue weighted by atomic mass is 9.84. The molecule has 0 radical (unpaired) electrons. The normalized spacial score (nSPS) is 11.4. The summed E-state index contributed by atoms with van der Waals surface area (Å²) in [5.74, 6) is 2.50. The zero-order valence-electron chi connectivity index (χ0n) is 16.7. The monoisotopic (exact) mass is 483 g/mol. The third-order valence-corrected chi connectivity index (χ3v) is 4.39. The second-order valence-electron chi connectivity index (χ2n) is 6.74. The lowest BCUT2D eigenvalue weighted by Gasteiger charge is -2.27. The zero-order valence-corrected chi connectivity index (χ0v) is 19.0. The highest BCUT2D eigenvalue weighted by molar-refractivity contribution is 14.0. The van der Waals surface area contributed by atoms with Gasteiger partial charge in [-0.05, 0) is 35.4 Å². The van der Waals surface area contributed by atoms with Crippen LogP contribution in [-0.2, 0) is 12.0 Å². The number of methoxy groups -OCH3 is 2. The van der Waals surface area contributed by atoms with Gasteiger partial charge >= 0.3 is 0 Å². The van der Waals surface area contributed by atoms with E-state index in [9.17, 15) is 0 Å². The van der Waals surface area contributed by atoms with E-state index in [2.05, 4.69) is 47.7 Å². The van der Waals surface area contributed by atoms with Gasteiger partial charge in [0.1, 0.15) is 11.5 Å². The van der Waals surface area contributed by atoms with Crippen LogP contribution < -0.4 is 20.1 Å². The largest absolute Gasteiger partial charge is 0.497 e. The van der Waals surface area contributed by atoms with Crippen LogP contribution in [0.15, 0.2) is 53.5 Å². The Morgan fingerprint density at radius 1 is 0.963 bits per heavy atom. The lowest BCUT2D eigenvalue weighted by molar-refractivity contribution is 0.414. The fourth-order valence-electron chi connectivity index (χ4n) is 2.64. The number of hydrogen-bond donors (Lipinski definition) is 2. The molecule has 27 heavy (non-hydrogen) atoms. The Kier molecular flexibility index (Phi) is 9.41. The average Bonchev–Trinajstić information content (AvgIpc) is 2.68. The number of rotatable bonds is 7. The molecule has 0 aliphatic heterocycles. The molecule has 0 aliphatic rings. The molecule has 0 heterocycles. The van der Waals surface area contributed by atoms with E-state index in [-0.39, 0.29) is 29.4 Å². The first-order valence-corrected chi connectivity index (χ1v) is 8.70. The number of benzene rings is 2. The van der Waals surface area contributed by atoms with E-state index in [1.807, 2.05) is 30.3 Å². The van der Waals surface area contributed by atoms with Crippen molar-refractivity contribution in [2.24, 2.45) is 4.99 Å². The van der Waals surface area contributed by atoms with Crippen molar-refractivity contribution in [1.82, 2.24) is 10.6 Å². The van der Waals surface area contributed by atoms with Crippen LogP contribution in [0.25, 0.3) is 0 Å². The van der Waals surface area contributed by atoms with Gasteiger partial charge in [-0.3, -0.25) is 4.99 Å². The molecule has 0 aliphatic carbocycles. The Balaban J connectivity index is 0.00000364. The van der Waals surface area contributed by atoms with Crippen LogP contribution in [0.1, 0.15) is 25.0 Å². The van der Waals surface area contributed by atoms with E-state index in [4.69, 9.17) is 9.47 Å². The Morgan fingerprint density at radius 3 is 2.22 bits per heavy atom. The van der Waals surface area contributed by atoms with Crippen LogP contribution in [-0.4, -0.2) is 33.8 Å². The SMILES string of the molecule is CN=C(NCc1cccc(OC)c1)NCC(C)(C)c1ccc(OC)cc1.I. The summed E-state index contributed by atoms with van der Waals surface area (Å²) in [5.41, 5.74) is 2.34. The molecule has 0 unspecified atom stereocenters. The summed E-state index contributed by atoms with van der Waals surface area (Å²) in [6.07, 6.45) is 0. The molecule has 0 atom stereocenters. The Labute approximate surface area is 179 Å². The molecule has 0 saturated heterocycles. The third kappa shape index (κ3) is 6.93. The van der Waals surface area contributed by atoms with Crippen LogP contribution in [0, 0.1) is 0 Å². The number of nitrogens with one attached hydrogen (secondary N) is 2. The van der Waals surface area contributed by atoms with E-state index in [0.29, 0.717) is 6.54 Å². The minimum Gasteiger partial charge on any atom is -0.497 e.